The van der Waals surface area contributed by atoms with Crippen molar-refractivity contribution in [3.05, 3.63) is 11.9 Å². The molecule has 1 fully saturated rings. The second-order valence-corrected chi connectivity index (χ2v) is 2.39. The number of hydrogen-bond acceptors (Lipinski definition) is 3. The Labute approximate surface area is 60.7 Å². The van der Waals surface area contributed by atoms with Crippen LogP contribution < -0.4 is 5.73 Å². The minimum atomic E-state index is 0.611. The molecule has 1 heterocycles. The number of nitrogens with zero attached hydrogens (tertiary/aromatic N) is 2. The summed E-state index contributed by atoms with van der Waals surface area (Å²) < 4.78 is 0. The molecular weight excluding hydrogens is 126 g/mol. The predicted molar refractivity (Wildman–Crippen MR) is 38.7 cm³/mol. The summed E-state index contributed by atoms with van der Waals surface area (Å²) in [5, 5.41) is 8.26. The summed E-state index contributed by atoms with van der Waals surface area (Å²) in [4.78, 5) is 2.03. The van der Waals surface area contributed by atoms with Crippen molar-refractivity contribution in [3.8, 4) is 6.07 Å². The third-order valence-corrected chi connectivity index (χ3v) is 1.68. The first-order chi connectivity index (χ1) is 4.84. The topological polar surface area (TPSA) is 53.1 Å². The zero-order valence-corrected chi connectivity index (χ0v) is 5.88. The molecule has 1 saturated heterocycles. The largest absolute Gasteiger partial charge is 0.385 e. The van der Waals surface area contributed by atoms with Crippen LogP contribution in [-0.2, 0) is 0 Å². The van der Waals surface area contributed by atoms with Gasteiger partial charge in [0.25, 0.3) is 0 Å². The Morgan fingerprint density at radius 1 is 1.50 bits per heavy atom. The van der Waals surface area contributed by atoms with Gasteiger partial charge in [0.15, 0.2) is 0 Å². The predicted octanol–water partition coefficient (Wildman–Crippen LogP) is 0.406. The monoisotopic (exact) mass is 137 g/mol. The number of nitrogens with two attached hydrogens (primary N) is 1. The van der Waals surface area contributed by atoms with Crippen molar-refractivity contribution in [1.29, 1.82) is 5.26 Å². The van der Waals surface area contributed by atoms with E-state index in [0.717, 1.165) is 13.1 Å². The molecule has 0 saturated carbocycles. The highest BCUT2D eigenvalue weighted by atomic mass is 15.2. The van der Waals surface area contributed by atoms with Gasteiger partial charge in [-0.15, -0.1) is 0 Å². The molecule has 0 atom stereocenters. The number of nitriles is 1. The molecule has 1 aliphatic heterocycles. The number of hydrogen-bond donors (Lipinski definition) is 1. The highest BCUT2D eigenvalue weighted by Crippen LogP contribution is 2.10. The number of rotatable bonds is 1. The molecule has 0 aliphatic carbocycles. The van der Waals surface area contributed by atoms with Crippen molar-refractivity contribution in [2.75, 3.05) is 13.1 Å². The summed E-state index contributed by atoms with van der Waals surface area (Å²) in [7, 11) is 0. The van der Waals surface area contributed by atoms with Crippen LogP contribution in [0.25, 0.3) is 0 Å². The lowest BCUT2D eigenvalue weighted by Gasteiger charge is -2.15. The van der Waals surface area contributed by atoms with E-state index in [9.17, 15) is 0 Å². The Morgan fingerprint density at radius 2 is 2.10 bits per heavy atom. The average Bonchev–Trinajstić information content (AvgIpc) is 2.38. The van der Waals surface area contributed by atoms with Crippen LogP contribution in [0.3, 0.4) is 0 Å². The van der Waals surface area contributed by atoms with Crippen molar-refractivity contribution in [2.24, 2.45) is 5.73 Å². The summed E-state index contributed by atoms with van der Waals surface area (Å²) in [6, 6.07) is 1.92. The fourth-order valence-electron chi connectivity index (χ4n) is 1.13. The first-order valence-electron chi connectivity index (χ1n) is 3.45. The molecule has 0 aromatic rings. The first kappa shape index (κ1) is 6.94. The minimum Gasteiger partial charge on any atom is -0.385 e. The summed E-state index contributed by atoms with van der Waals surface area (Å²) in [5.74, 6) is 0.611. The van der Waals surface area contributed by atoms with Crippen molar-refractivity contribution in [1.82, 2.24) is 4.90 Å². The van der Waals surface area contributed by atoms with Crippen LogP contribution >= 0.6 is 0 Å². The van der Waals surface area contributed by atoms with Gasteiger partial charge >= 0.3 is 0 Å². The Bertz CT molecular complexity index is 172. The maximum atomic E-state index is 8.26. The second-order valence-electron chi connectivity index (χ2n) is 2.39. The molecule has 0 unspecified atom stereocenters. The number of allylic oxidation sites excluding steroid dienone is 1. The fourth-order valence-corrected chi connectivity index (χ4v) is 1.13. The lowest BCUT2D eigenvalue weighted by molar-refractivity contribution is 0.422. The van der Waals surface area contributed by atoms with Gasteiger partial charge in [-0.25, -0.2) is 0 Å². The van der Waals surface area contributed by atoms with Gasteiger partial charge in [-0.2, -0.15) is 5.26 Å². The van der Waals surface area contributed by atoms with Crippen LogP contribution in [0, 0.1) is 11.3 Å². The third kappa shape index (κ3) is 1.41. The molecule has 1 aliphatic rings. The highest BCUT2D eigenvalue weighted by Gasteiger charge is 2.11. The van der Waals surface area contributed by atoms with Gasteiger partial charge in [0.2, 0.25) is 0 Å². The van der Waals surface area contributed by atoms with Crippen molar-refractivity contribution in [3.63, 3.8) is 0 Å². The van der Waals surface area contributed by atoms with E-state index in [0.29, 0.717) is 5.82 Å². The van der Waals surface area contributed by atoms with E-state index in [-0.39, 0.29) is 0 Å². The van der Waals surface area contributed by atoms with Crippen LogP contribution in [0.1, 0.15) is 12.8 Å². The SMILES string of the molecule is N#C/C=C(\N)N1CCCC1. The fraction of sp³-hybridized carbons (Fsp3) is 0.571. The average molecular weight is 137 g/mol. The standard InChI is InChI=1S/C7H11N3/c8-4-3-7(9)10-5-1-2-6-10/h3H,1-2,5-6,9H2/b7-3+. The number of likely N-dealkylation sites (tertiary alicyclic amines) is 1. The second kappa shape index (κ2) is 3.11. The summed E-state index contributed by atoms with van der Waals surface area (Å²) >= 11 is 0. The van der Waals surface area contributed by atoms with Crippen LogP contribution in [-0.4, -0.2) is 18.0 Å². The van der Waals surface area contributed by atoms with Crippen LogP contribution in [0.5, 0.6) is 0 Å². The molecule has 3 nitrogen and oxygen atoms in total. The zero-order valence-electron chi connectivity index (χ0n) is 5.88. The van der Waals surface area contributed by atoms with Crippen LogP contribution in [0.4, 0.5) is 0 Å². The van der Waals surface area contributed by atoms with Gasteiger partial charge in [-0.05, 0) is 12.8 Å². The quantitative estimate of drug-likeness (QED) is 0.532. The molecule has 0 bridgehead atoms. The molecular formula is C7H11N3. The van der Waals surface area contributed by atoms with Crippen molar-refractivity contribution in [2.45, 2.75) is 12.8 Å². The van der Waals surface area contributed by atoms with Crippen LogP contribution in [0.15, 0.2) is 11.9 Å². The van der Waals surface area contributed by atoms with Crippen molar-refractivity contribution >= 4 is 0 Å². The lowest BCUT2D eigenvalue weighted by Crippen LogP contribution is -2.23. The first-order valence-corrected chi connectivity index (χ1v) is 3.45. The Balaban J connectivity index is 2.49. The molecule has 1 rings (SSSR count). The van der Waals surface area contributed by atoms with E-state index in [1.807, 2.05) is 11.0 Å². The van der Waals surface area contributed by atoms with E-state index in [1.165, 1.54) is 18.9 Å². The van der Waals surface area contributed by atoms with E-state index < -0.39 is 0 Å². The Hall–Kier alpha value is -1.17. The van der Waals surface area contributed by atoms with Gasteiger partial charge in [-0.3, -0.25) is 0 Å². The lowest BCUT2D eigenvalue weighted by atomic mass is 10.4. The maximum absolute atomic E-state index is 8.26. The van der Waals surface area contributed by atoms with E-state index >= 15 is 0 Å². The summed E-state index contributed by atoms with van der Waals surface area (Å²) in [6.45, 7) is 2.01. The molecule has 54 valence electrons. The molecule has 0 spiro atoms. The Morgan fingerprint density at radius 3 is 2.60 bits per heavy atom. The zero-order chi connectivity index (χ0) is 7.40. The molecule has 10 heavy (non-hydrogen) atoms. The van der Waals surface area contributed by atoms with E-state index in [4.69, 9.17) is 11.0 Å². The Kier molecular flexibility index (Phi) is 2.16. The molecule has 0 aromatic carbocycles. The molecule has 0 aromatic heterocycles. The van der Waals surface area contributed by atoms with Gasteiger partial charge < -0.3 is 10.6 Å². The van der Waals surface area contributed by atoms with Gasteiger partial charge in [0.1, 0.15) is 5.82 Å². The molecule has 0 amide bonds. The van der Waals surface area contributed by atoms with Gasteiger partial charge in [-0.1, -0.05) is 0 Å². The maximum Gasteiger partial charge on any atom is 0.109 e. The molecule has 2 N–H and O–H groups in total. The van der Waals surface area contributed by atoms with Gasteiger partial charge in [0, 0.05) is 13.1 Å². The highest BCUT2D eigenvalue weighted by molar-refractivity contribution is 5.09. The van der Waals surface area contributed by atoms with E-state index in [1.54, 1.807) is 0 Å². The smallest absolute Gasteiger partial charge is 0.109 e. The summed E-state index contributed by atoms with van der Waals surface area (Å²) in [5.41, 5.74) is 5.55. The van der Waals surface area contributed by atoms with Crippen molar-refractivity contribution < 1.29 is 0 Å². The van der Waals surface area contributed by atoms with Crippen LogP contribution in [0.2, 0.25) is 0 Å². The summed E-state index contributed by atoms with van der Waals surface area (Å²) in [6.07, 6.45) is 3.78. The molecule has 0 radical (unpaired) electrons. The minimum absolute atomic E-state index is 0.611. The van der Waals surface area contributed by atoms with Gasteiger partial charge in [0.05, 0.1) is 12.1 Å². The third-order valence-electron chi connectivity index (χ3n) is 1.68. The molecule has 3 heteroatoms. The normalized spacial score (nSPS) is 19.1. The van der Waals surface area contributed by atoms with E-state index in [2.05, 4.69) is 0 Å².